The number of aliphatic imine (C=N–C) groups is 1. The first-order valence-electron chi connectivity index (χ1n) is 8.29. The zero-order valence-corrected chi connectivity index (χ0v) is 18.6. The molecule has 144 valence electrons. The summed E-state index contributed by atoms with van der Waals surface area (Å²) in [6, 6.07) is 11.9. The molecule has 0 spiro atoms. The summed E-state index contributed by atoms with van der Waals surface area (Å²) in [6.45, 7) is 1.14. The van der Waals surface area contributed by atoms with Crippen LogP contribution in [0.1, 0.15) is 11.6 Å². The average Bonchev–Trinajstić information content (AvgIpc) is 3.23. The third-order valence-corrected chi connectivity index (χ3v) is 4.26. The third-order valence-electron chi connectivity index (χ3n) is 4.06. The van der Waals surface area contributed by atoms with Crippen LogP contribution < -0.4 is 5.32 Å². The first kappa shape index (κ1) is 21.3. The van der Waals surface area contributed by atoms with E-state index in [1.165, 1.54) is 0 Å². The highest BCUT2D eigenvalue weighted by Gasteiger charge is 2.11. The molecule has 0 saturated carbocycles. The minimum absolute atomic E-state index is 0. The van der Waals surface area contributed by atoms with Gasteiger partial charge in [0.15, 0.2) is 11.7 Å². The minimum Gasteiger partial charge on any atom is -0.439 e. The number of nitrogens with one attached hydrogen (secondary N) is 1. The second-order valence-corrected chi connectivity index (χ2v) is 6.44. The normalized spacial score (nSPS) is 11.2. The lowest BCUT2D eigenvalue weighted by atomic mass is 10.2. The van der Waals surface area contributed by atoms with Crippen molar-refractivity contribution in [1.82, 2.24) is 19.8 Å². The molecule has 6 nitrogen and oxygen atoms in total. The first-order chi connectivity index (χ1) is 12.6. The Hall–Kier alpha value is -2.00. The van der Waals surface area contributed by atoms with Crippen LogP contribution in [-0.2, 0) is 20.1 Å². The Balaban J connectivity index is 0.00000261. The molecule has 0 aliphatic carbocycles. The van der Waals surface area contributed by atoms with Crippen LogP contribution in [0.3, 0.4) is 0 Å². The van der Waals surface area contributed by atoms with Crippen LogP contribution in [0.2, 0.25) is 5.02 Å². The van der Waals surface area contributed by atoms with E-state index in [-0.39, 0.29) is 24.0 Å². The zero-order chi connectivity index (χ0) is 18.5. The second-order valence-electron chi connectivity index (χ2n) is 6.00. The maximum Gasteiger partial charge on any atom is 0.214 e. The molecule has 8 heteroatoms. The Bertz CT molecular complexity index is 891. The Morgan fingerprint density at radius 2 is 2.07 bits per heavy atom. The molecule has 0 unspecified atom stereocenters. The number of aryl methyl sites for hydroxylation is 1. The number of hydrogen-bond donors (Lipinski definition) is 1. The van der Waals surface area contributed by atoms with E-state index in [1.54, 1.807) is 13.2 Å². The van der Waals surface area contributed by atoms with Gasteiger partial charge in [-0.25, -0.2) is 4.98 Å². The number of benzene rings is 1. The summed E-state index contributed by atoms with van der Waals surface area (Å²) in [7, 11) is 5.70. The maximum atomic E-state index is 6.05. The lowest BCUT2D eigenvalue weighted by Gasteiger charge is -2.21. The van der Waals surface area contributed by atoms with E-state index in [9.17, 15) is 0 Å². The molecule has 2 aromatic heterocycles. The fourth-order valence-electron chi connectivity index (χ4n) is 2.71. The summed E-state index contributed by atoms with van der Waals surface area (Å²) in [4.78, 5) is 10.7. The Morgan fingerprint density at radius 3 is 2.70 bits per heavy atom. The van der Waals surface area contributed by atoms with Crippen LogP contribution in [0.4, 0.5) is 0 Å². The number of hydrogen-bond acceptors (Lipinski definition) is 3. The van der Waals surface area contributed by atoms with Crippen molar-refractivity contribution < 1.29 is 4.42 Å². The van der Waals surface area contributed by atoms with Gasteiger partial charge in [-0.15, -0.1) is 24.0 Å². The molecule has 0 bridgehead atoms. The van der Waals surface area contributed by atoms with Gasteiger partial charge in [-0.2, -0.15) is 0 Å². The molecule has 3 aromatic rings. The second kappa shape index (κ2) is 9.80. The number of oxazole rings is 1. The minimum atomic E-state index is 0. The number of nitrogens with zero attached hydrogens (tertiary/aromatic N) is 4. The van der Waals surface area contributed by atoms with Gasteiger partial charge in [-0.05, 0) is 6.07 Å². The van der Waals surface area contributed by atoms with E-state index in [0.717, 1.165) is 28.0 Å². The van der Waals surface area contributed by atoms with Crippen LogP contribution >= 0.6 is 35.6 Å². The molecule has 0 amide bonds. The van der Waals surface area contributed by atoms with E-state index in [2.05, 4.69) is 15.3 Å². The highest BCUT2D eigenvalue weighted by Crippen LogP contribution is 2.19. The number of halogens is 2. The van der Waals surface area contributed by atoms with Gasteiger partial charge in [0.1, 0.15) is 0 Å². The molecule has 1 aromatic carbocycles. The SMILES string of the molecule is CN=C(NCc1ncc(-c2ccccc2)o1)N(C)Cc1cc(Cl)cn1C.I. The van der Waals surface area contributed by atoms with Crippen LogP contribution in [0.5, 0.6) is 0 Å². The van der Waals surface area contributed by atoms with E-state index < -0.39 is 0 Å². The summed E-state index contributed by atoms with van der Waals surface area (Å²) in [6.07, 6.45) is 3.63. The quantitative estimate of drug-likeness (QED) is 0.325. The van der Waals surface area contributed by atoms with Crippen molar-refractivity contribution in [3.8, 4) is 11.3 Å². The predicted octanol–water partition coefficient (Wildman–Crippen LogP) is 4.16. The molecule has 0 radical (unpaired) electrons. The molecular weight excluding hydrogens is 477 g/mol. The topological polar surface area (TPSA) is 58.6 Å². The average molecular weight is 500 g/mol. The molecule has 3 rings (SSSR count). The summed E-state index contributed by atoms with van der Waals surface area (Å²) in [5.74, 6) is 2.12. The molecule has 1 N–H and O–H groups in total. The van der Waals surface area contributed by atoms with E-state index in [4.69, 9.17) is 16.0 Å². The van der Waals surface area contributed by atoms with Crippen molar-refractivity contribution in [3.05, 3.63) is 65.4 Å². The highest BCUT2D eigenvalue weighted by atomic mass is 127. The van der Waals surface area contributed by atoms with Crippen LogP contribution in [-0.4, -0.2) is 34.5 Å². The number of aromatic nitrogens is 2. The van der Waals surface area contributed by atoms with Crippen LogP contribution in [0, 0.1) is 0 Å². The zero-order valence-electron chi connectivity index (χ0n) is 15.5. The van der Waals surface area contributed by atoms with Gasteiger partial charge in [-0.3, -0.25) is 4.99 Å². The molecule has 27 heavy (non-hydrogen) atoms. The van der Waals surface area contributed by atoms with E-state index >= 15 is 0 Å². The molecule has 0 fully saturated rings. The lowest BCUT2D eigenvalue weighted by molar-refractivity contribution is 0.447. The van der Waals surface area contributed by atoms with Crippen molar-refractivity contribution in [1.29, 1.82) is 0 Å². The fourth-order valence-corrected chi connectivity index (χ4v) is 2.98. The number of rotatable bonds is 5. The molecule has 0 aliphatic rings. The summed E-state index contributed by atoms with van der Waals surface area (Å²) in [5, 5.41) is 4.00. The highest BCUT2D eigenvalue weighted by molar-refractivity contribution is 14.0. The molecule has 0 atom stereocenters. The molecular formula is C19H23ClIN5O. The maximum absolute atomic E-state index is 6.05. The monoisotopic (exact) mass is 499 g/mol. The summed E-state index contributed by atoms with van der Waals surface area (Å²) < 4.78 is 7.82. The van der Waals surface area contributed by atoms with E-state index in [0.29, 0.717) is 19.0 Å². The smallest absolute Gasteiger partial charge is 0.214 e. The summed E-state index contributed by atoms with van der Waals surface area (Å²) >= 11 is 6.05. The molecule has 0 aliphatic heterocycles. The van der Waals surface area contributed by atoms with Crippen LogP contribution in [0.25, 0.3) is 11.3 Å². The Labute approximate surface area is 181 Å². The largest absolute Gasteiger partial charge is 0.439 e. The van der Waals surface area contributed by atoms with Crippen molar-refractivity contribution >= 4 is 41.5 Å². The molecule has 0 saturated heterocycles. The predicted molar refractivity (Wildman–Crippen MR) is 119 cm³/mol. The van der Waals surface area contributed by atoms with Gasteiger partial charge in [0.05, 0.1) is 24.3 Å². The van der Waals surface area contributed by atoms with Gasteiger partial charge in [-0.1, -0.05) is 41.9 Å². The van der Waals surface area contributed by atoms with Gasteiger partial charge >= 0.3 is 0 Å². The first-order valence-corrected chi connectivity index (χ1v) is 8.67. The van der Waals surface area contributed by atoms with Crippen molar-refractivity contribution in [2.24, 2.45) is 12.0 Å². The Kier molecular flexibility index (Phi) is 7.73. The summed E-state index contributed by atoms with van der Waals surface area (Å²) in [5.41, 5.74) is 2.11. The van der Waals surface area contributed by atoms with E-state index in [1.807, 2.05) is 66.2 Å². The van der Waals surface area contributed by atoms with Gasteiger partial charge in [0.25, 0.3) is 0 Å². The van der Waals surface area contributed by atoms with Crippen molar-refractivity contribution in [2.75, 3.05) is 14.1 Å². The fraction of sp³-hybridized carbons (Fsp3) is 0.263. The number of guanidine groups is 1. The van der Waals surface area contributed by atoms with Gasteiger partial charge in [0, 0.05) is 38.6 Å². The standard InChI is InChI=1S/C19H22ClN5O.HI/c1-21-19(25(3)13-16-9-15(20)12-24(16)2)23-11-18-22-10-17(26-18)14-7-5-4-6-8-14;/h4-10,12H,11,13H2,1-3H3,(H,21,23);1H. The molecule has 2 heterocycles. The van der Waals surface area contributed by atoms with Crippen molar-refractivity contribution in [3.63, 3.8) is 0 Å². The van der Waals surface area contributed by atoms with Gasteiger partial charge in [0.2, 0.25) is 5.89 Å². The third kappa shape index (κ3) is 5.49. The van der Waals surface area contributed by atoms with Crippen LogP contribution in [0.15, 0.2) is 58.2 Å². The van der Waals surface area contributed by atoms with Crippen molar-refractivity contribution in [2.45, 2.75) is 13.1 Å². The van der Waals surface area contributed by atoms with Gasteiger partial charge < -0.3 is 19.2 Å². The Morgan fingerprint density at radius 1 is 1.33 bits per heavy atom. The lowest BCUT2D eigenvalue weighted by Crippen LogP contribution is -2.38.